The summed E-state index contributed by atoms with van der Waals surface area (Å²) in [5.41, 5.74) is -0.0270. The van der Waals surface area contributed by atoms with Gasteiger partial charge in [-0.1, -0.05) is 24.3 Å². The summed E-state index contributed by atoms with van der Waals surface area (Å²) in [5, 5.41) is 1.74. The lowest BCUT2D eigenvalue weighted by Gasteiger charge is -2.27. The van der Waals surface area contributed by atoms with E-state index in [4.69, 9.17) is 14.2 Å². The number of methoxy groups -OCH3 is 2. The van der Waals surface area contributed by atoms with Crippen molar-refractivity contribution in [2.45, 2.75) is 36.2 Å². The molecule has 0 saturated carbocycles. The Morgan fingerprint density at radius 3 is 1.97 bits per heavy atom. The Labute approximate surface area is 225 Å². The van der Waals surface area contributed by atoms with E-state index in [0.29, 0.717) is 11.5 Å². The Hall–Kier alpha value is -3.56. The van der Waals surface area contributed by atoms with Gasteiger partial charge in [0, 0.05) is 20.6 Å². The molecule has 0 unspecified atom stereocenters. The lowest BCUT2D eigenvalue weighted by atomic mass is 10.1. The molecule has 0 radical (unpaired) electrons. The zero-order chi connectivity index (χ0) is 26.4. The molecule has 1 heterocycles. The maximum Gasteiger partial charge on any atom is 0.425 e. The highest BCUT2D eigenvalue weighted by Gasteiger charge is 2.27. The standard InChI is InChI=1S/C28H29N3O4S2/c1-28(2,3)35-27(32)31(37-22-16-12-20(34-5)13-17-22)25-18-29-26(24-9-7-6-8-23(24)25)30-36-21-14-10-19(33-4)11-15-21/h6-18H,1-5H3,(H,29,30). The molecule has 192 valence electrons. The summed E-state index contributed by atoms with van der Waals surface area (Å²) in [7, 11) is 3.26. The number of hydrogen-bond donors (Lipinski definition) is 1. The van der Waals surface area contributed by atoms with Crippen LogP contribution in [0.15, 0.2) is 88.8 Å². The van der Waals surface area contributed by atoms with Crippen molar-refractivity contribution in [2.24, 2.45) is 0 Å². The predicted octanol–water partition coefficient (Wildman–Crippen LogP) is 7.82. The summed E-state index contributed by atoms with van der Waals surface area (Å²) in [5.74, 6) is 2.23. The molecule has 0 aliphatic rings. The van der Waals surface area contributed by atoms with E-state index in [0.717, 1.165) is 32.1 Å². The third-order valence-electron chi connectivity index (χ3n) is 5.13. The summed E-state index contributed by atoms with van der Waals surface area (Å²) < 4.78 is 21.2. The average Bonchev–Trinajstić information content (AvgIpc) is 2.90. The first kappa shape index (κ1) is 26.5. The van der Waals surface area contributed by atoms with E-state index in [1.165, 1.54) is 23.9 Å². The van der Waals surface area contributed by atoms with Gasteiger partial charge in [-0.2, -0.15) is 0 Å². The molecular formula is C28H29N3O4S2. The molecule has 0 aliphatic carbocycles. The lowest BCUT2D eigenvalue weighted by molar-refractivity contribution is 0.0612. The van der Waals surface area contributed by atoms with Crippen LogP contribution in [0.25, 0.3) is 10.8 Å². The molecule has 0 spiro atoms. The number of hydrogen-bond acceptors (Lipinski definition) is 8. The van der Waals surface area contributed by atoms with E-state index in [2.05, 4.69) is 9.71 Å². The molecule has 1 amide bonds. The van der Waals surface area contributed by atoms with Crippen molar-refractivity contribution in [1.29, 1.82) is 0 Å². The third-order valence-corrected chi connectivity index (χ3v) is 6.95. The van der Waals surface area contributed by atoms with Crippen molar-refractivity contribution in [3.05, 3.63) is 79.0 Å². The quantitative estimate of drug-likeness (QED) is 0.229. The van der Waals surface area contributed by atoms with Gasteiger partial charge in [-0.25, -0.2) is 14.1 Å². The molecule has 1 N–H and O–H groups in total. The Morgan fingerprint density at radius 2 is 1.41 bits per heavy atom. The first-order valence-corrected chi connectivity index (χ1v) is 13.2. The van der Waals surface area contributed by atoms with Gasteiger partial charge in [0.15, 0.2) is 0 Å². The summed E-state index contributed by atoms with van der Waals surface area (Å²) in [4.78, 5) is 19.9. The van der Waals surface area contributed by atoms with Crippen LogP contribution in [0.4, 0.5) is 16.3 Å². The fourth-order valence-electron chi connectivity index (χ4n) is 3.40. The van der Waals surface area contributed by atoms with Crippen molar-refractivity contribution in [3.8, 4) is 11.5 Å². The zero-order valence-electron chi connectivity index (χ0n) is 21.3. The van der Waals surface area contributed by atoms with E-state index in [9.17, 15) is 4.79 Å². The van der Waals surface area contributed by atoms with E-state index in [1.807, 2.05) is 93.6 Å². The van der Waals surface area contributed by atoms with E-state index in [1.54, 1.807) is 24.7 Å². The molecular weight excluding hydrogens is 506 g/mol. The van der Waals surface area contributed by atoms with Gasteiger partial charge in [-0.3, -0.25) is 0 Å². The minimum atomic E-state index is -0.657. The fourth-order valence-corrected chi connectivity index (χ4v) is 4.88. The van der Waals surface area contributed by atoms with Crippen LogP contribution in [0.5, 0.6) is 11.5 Å². The molecule has 0 atom stereocenters. The number of rotatable bonds is 8. The number of nitrogens with zero attached hydrogens (tertiary/aromatic N) is 2. The Bertz CT molecular complexity index is 1360. The van der Waals surface area contributed by atoms with Crippen LogP contribution in [0, 0.1) is 0 Å². The first-order valence-electron chi connectivity index (χ1n) is 11.6. The monoisotopic (exact) mass is 535 g/mol. The van der Waals surface area contributed by atoms with Gasteiger partial charge < -0.3 is 18.9 Å². The highest BCUT2D eigenvalue weighted by Crippen LogP contribution is 2.38. The largest absolute Gasteiger partial charge is 0.497 e. The van der Waals surface area contributed by atoms with E-state index in [-0.39, 0.29) is 0 Å². The Balaban J connectivity index is 1.68. The highest BCUT2D eigenvalue weighted by atomic mass is 32.2. The SMILES string of the molecule is COc1ccc(SNc2ncc(N(Sc3ccc(OC)cc3)C(=O)OC(C)(C)C)c3ccccc23)cc1. The number of carbonyl (C=O) groups excluding carboxylic acids is 1. The van der Waals surface area contributed by atoms with Gasteiger partial charge in [-0.05, 0) is 93.2 Å². The molecule has 37 heavy (non-hydrogen) atoms. The molecule has 0 aliphatic heterocycles. The van der Waals surface area contributed by atoms with Crippen molar-refractivity contribution in [2.75, 3.05) is 23.2 Å². The van der Waals surface area contributed by atoms with Gasteiger partial charge >= 0.3 is 6.09 Å². The molecule has 4 rings (SSSR count). The number of benzene rings is 3. The average molecular weight is 536 g/mol. The molecule has 9 heteroatoms. The second-order valence-corrected chi connectivity index (χ2v) is 10.9. The maximum atomic E-state index is 13.4. The smallest absolute Gasteiger partial charge is 0.425 e. The number of anilines is 2. The third kappa shape index (κ3) is 6.81. The summed E-state index contributed by atoms with van der Waals surface area (Å²) in [6.07, 6.45) is 1.22. The van der Waals surface area contributed by atoms with Crippen LogP contribution < -0.4 is 18.5 Å². The molecule has 0 saturated heterocycles. The summed E-state index contributed by atoms with van der Waals surface area (Å²) >= 11 is 2.72. The summed E-state index contributed by atoms with van der Waals surface area (Å²) in [6, 6.07) is 23.1. The minimum absolute atomic E-state index is 0.478. The molecule has 0 fully saturated rings. The topological polar surface area (TPSA) is 72.9 Å². The van der Waals surface area contributed by atoms with Crippen LogP contribution in [-0.2, 0) is 4.74 Å². The molecule has 7 nitrogen and oxygen atoms in total. The van der Waals surface area contributed by atoms with Crippen LogP contribution in [0.2, 0.25) is 0 Å². The van der Waals surface area contributed by atoms with E-state index < -0.39 is 11.7 Å². The van der Waals surface area contributed by atoms with Crippen LogP contribution in [-0.4, -0.2) is 30.9 Å². The maximum absolute atomic E-state index is 13.4. The highest BCUT2D eigenvalue weighted by molar-refractivity contribution is 8.01. The number of fused-ring (bicyclic) bond motifs is 1. The van der Waals surface area contributed by atoms with Gasteiger partial charge in [0.05, 0.1) is 26.1 Å². The van der Waals surface area contributed by atoms with Gasteiger partial charge in [-0.15, -0.1) is 0 Å². The van der Waals surface area contributed by atoms with Gasteiger partial charge in [0.2, 0.25) is 0 Å². The van der Waals surface area contributed by atoms with Crippen LogP contribution >= 0.6 is 23.9 Å². The van der Waals surface area contributed by atoms with Gasteiger partial charge in [0.25, 0.3) is 0 Å². The number of ether oxygens (including phenoxy) is 3. The van der Waals surface area contributed by atoms with Crippen molar-refractivity contribution >= 4 is 52.3 Å². The van der Waals surface area contributed by atoms with Crippen LogP contribution in [0.3, 0.4) is 0 Å². The molecule has 1 aromatic heterocycles. The number of pyridine rings is 1. The molecule has 3 aromatic carbocycles. The fraction of sp³-hybridized carbons (Fsp3) is 0.214. The second kappa shape index (κ2) is 11.7. The lowest BCUT2D eigenvalue weighted by Crippen LogP contribution is -2.32. The van der Waals surface area contributed by atoms with E-state index >= 15 is 0 Å². The normalized spacial score (nSPS) is 11.2. The first-order chi connectivity index (χ1) is 17.8. The molecule has 4 aromatic rings. The number of carbonyl (C=O) groups is 1. The Kier molecular flexibility index (Phi) is 8.35. The van der Waals surface area contributed by atoms with Crippen molar-refractivity contribution < 1.29 is 19.0 Å². The number of nitrogens with one attached hydrogen (secondary N) is 1. The minimum Gasteiger partial charge on any atom is -0.497 e. The number of amides is 1. The second-order valence-electron chi connectivity index (χ2n) is 8.96. The number of aromatic nitrogens is 1. The zero-order valence-corrected chi connectivity index (χ0v) is 23.0. The van der Waals surface area contributed by atoms with Gasteiger partial charge in [0.1, 0.15) is 22.9 Å². The van der Waals surface area contributed by atoms with Crippen LogP contribution in [0.1, 0.15) is 20.8 Å². The molecule has 0 bridgehead atoms. The Morgan fingerprint density at radius 1 is 0.838 bits per heavy atom. The summed E-state index contributed by atoms with van der Waals surface area (Å²) in [6.45, 7) is 5.54. The van der Waals surface area contributed by atoms with Crippen molar-refractivity contribution in [1.82, 2.24) is 4.98 Å². The predicted molar refractivity (Wildman–Crippen MR) is 152 cm³/mol. The van der Waals surface area contributed by atoms with Crippen molar-refractivity contribution in [3.63, 3.8) is 0 Å².